The molecule has 0 radical (unpaired) electrons. The Labute approximate surface area is 159 Å². The molecule has 1 N–H and O–H groups in total. The summed E-state index contributed by atoms with van der Waals surface area (Å²) in [5.74, 6) is 6.74. The Bertz CT molecular complexity index is 791. The number of aliphatic hydroxyl groups excluding tert-OH is 1. The molecule has 0 unspecified atom stereocenters. The van der Waals surface area contributed by atoms with Crippen LogP contribution in [0.5, 0.6) is 0 Å². The molecule has 2 aliphatic heterocycles. The zero-order chi connectivity index (χ0) is 19.0. The summed E-state index contributed by atoms with van der Waals surface area (Å²) in [6, 6.07) is 7.73. The molecule has 4 rings (SSSR count). The maximum absolute atomic E-state index is 12.5. The van der Waals surface area contributed by atoms with E-state index >= 15 is 0 Å². The largest absolute Gasteiger partial charge is 0.394 e. The minimum atomic E-state index is -0.231. The Morgan fingerprint density at radius 2 is 2.04 bits per heavy atom. The summed E-state index contributed by atoms with van der Waals surface area (Å²) in [4.78, 5) is 27.9. The van der Waals surface area contributed by atoms with Crippen molar-refractivity contribution < 1.29 is 19.4 Å². The van der Waals surface area contributed by atoms with Crippen molar-refractivity contribution in [2.45, 2.75) is 30.8 Å². The molecule has 0 spiro atoms. The summed E-state index contributed by atoms with van der Waals surface area (Å²) in [6.45, 7) is 0.417. The predicted molar refractivity (Wildman–Crippen MR) is 98.7 cm³/mol. The van der Waals surface area contributed by atoms with Crippen LogP contribution in [0.15, 0.2) is 24.3 Å². The van der Waals surface area contributed by atoms with Gasteiger partial charge < -0.3 is 19.6 Å². The average Bonchev–Trinajstić information content (AvgIpc) is 3.47. The van der Waals surface area contributed by atoms with Gasteiger partial charge in [0.05, 0.1) is 25.2 Å². The molecule has 1 aromatic rings. The van der Waals surface area contributed by atoms with Gasteiger partial charge in [-0.1, -0.05) is 24.0 Å². The third kappa shape index (κ3) is 3.45. The number of fused-ring (bicyclic) bond motifs is 1. The first-order valence-corrected chi connectivity index (χ1v) is 9.42. The molecule has 142 valence electrons. The number of hydrogen-bond acceptors (Lipinski definition) is 4. The lowest BCUT2D eigenvalue weighted by atomic mass is 9.73. The third-order valence-corrected chi connectivity index (χ3v) is 5.67. The Morgan fingerprint density at radius 3 is 2.67 bits per heavy atom. The lowest BCUT2D eigenvalue weighted by Crippen LogP contribution is -2.73. The monoisotopic (exact) mass is 368 g/mol. The van der Waals surface area contributed by atoms with E-state index in [1.165, 1.54) is 20.0 Å². The van der Waals surface area contributed by atoms with Crippen molar-refractivity contribution in [3.05, 3.63) is 35.4 Å². The second-order valence-electron chi connectivity index (χ2n) is 7.52. The Morgan fingerprint density at radius 1 is 1.30 bits per heavy atom. The van der Waals surface area contributed by atoms with Crippen LogP contribution in [0.25, 0.3) is 0 Å². The van der Waals surface area contributed by atoms with Gasteiger partial charge in [-0.15, -0.1) is 0 Å². The summed E-state index contributed by atoms with van der Waals surface area (Å²) < 4.78 is 4.91. The molecule has 1 aliphatic carbocycles. The minimum absolute atomic E-state index is 0.0162. The molecule has 6 nitrogen and oxygen atoms in total. The van der Waals surface area contributed by atoms with Gasteiger partial charge in [0.25, 0.3) is 0 Å². The van der Waals surface area contributed by atoms with E-state index in [4.69, 9.17) is 4.74 Å². The Kier molecular flexibility index (Phi) is 4.90. The number of piperazine rings is 1. The van der Waals surface area contributed by atoms with Gasteiger partial charge in [0, 0.05) is 31.1 Å². The number of benzene rings is 1. The van der Waals surface area contributed by atoms with E-state index in [2.05, 4.69) is 11.8 Å². The van der Waals surface area contributed by atoms with Crippen LogP contribution >= 0.6 is 0 Å². The number of carbonyl (C=O) groups is 2. The fraction of sp³-hybridized carbons (Fsp3) is 0.524. The molecule has 0 bridgehead atoms. The Hall–Kier alpha value is -2.36. The van der Waals surface area contributed by atoms with Crippen molar-refractivity contribution in [2.75, 3.05) is 33.4 Å². The van der Waals surface area contributed by atoms with Crippen LogP contribution in [0.1, 0.15) is 29.9 Å². The first-order valence-electron chi connectivity index (χ1n) is 9.42. The Balaban J connectivity index is 1.52. The number of amides is 2. The highest BCUT2D eigenvalue weighted by molar-refractivity contribution is 5.88. The van der Waals surface area contributed by atoms with Crippen molar-refractivity contribution in [2.24, 2.45) is 5.92 Å². The lowest BCUT2D eigenvalue weighted by molar-refractivity contribution is -0.168. The molecule has 2 saturated heterocycles. The van der Waals surface area contributed by atoms with Crippen LogP contribution in [-0.4, -0.2) is 72.2 Å². The van der Waals surface area contributed by atoms with E-state index in [1.54, 1.807) is 9.80 Å². The zero-order valence-corrected chi connectivity index (χ0v) is 15.4. The molecule has 1 saturated carbocycles. The normalized spacial score (nSPS) is 26.7. The van der Waals surface area contributed by atoms with Crippen LogP contribution in [0.4, 0.5) is 0 Å². The molecule has 2 heterocycles. The highest BCUT2D eigenvalue weighted by Gasteiger charge is 2.54. The maximum atomic E-state index is 12.5. The standard InChI is InChI=1S/C21H24N2O4/c1-27-13-20(26)22-10-17-21(18(12-24)23(17)19(25)11-22)16-8-6-15(7-9-16)5-4-14-2-3-14/h6-9,14,17-18,21,24H,2-3,10-13H2,1H3/t17-,18+,21-/m0/s1. The van der Waals surface area contributed by atoms with Gasteiger partial charge in [-0.2, -0.15) is 0 Å². The van der Waals surface area contributed by atoms with E-state index in [0.29, 0.717) is 12.5 Å². The van der Waals surface area contributed by atoms with Crippen LogP contribution in [0, 0.1) is 17.8 Å². The average molecular weight is 368 g/mol. The molecule has 0 aromatic heterocycles. The van der Waals surface area contributed by atoms with Crippen LogP contribution in [-0.2, 0) is 14.3 Å². The summed E-state index contributed by atoms with van der Waals surface area (Å²) in [5, 5.41) is 9.82. The first-order chi connectivity index (χ1) is 13.1. The molecule has 2 amide bonds. The van der Waals surface area contributed by atoms with Crippen LogP contribution < -0.4 is 0 Å². The van der Waals surface area contributed by atoms with Crippen molar-refractivity contribution in [1.82, 2.24) is 9.80 Å². The predicted octanol–water partition coefficient (Wildman–Crippen LogP) is 0.592. The minimum Gasteiger partial charge on any atom is -0.394 e. The molecule has 3 aliphatic rings. The SMILES string of the molecule is COCC(=O)N1CC(=O)N2[C@H](CO)[C@@H](c3ccc(C#CC4CC4)cc3)[C@@H]2C1. The van der Waals surface area contributed by atoms with E-state index in [1.807, 2.05) is 24.3 Å². The van der Waals surface area contributed by atoms with E-state index < -0.39 is 0 Å². The highest BCUT2D eigenvalue weighted by Crippen LogP contribution is 2.42. The van der Waals surface area contributed by atoms with Crippen LogP contribution in [0.3, 0.4) is 0 Å². The second kappa shape index (κ2) is 7.34. The fourth-order valence-corrected chi connectivity index (χ4v) is 4.11. The van der Waals surface area contributed by atoms with Gasteiger partial charge in [-0.25, -0.2) is 0 Å². The van der Waals surface area contributed by atoms with Gasteiger partial charge >= 0.3 is 0 Å². The molecule has 3 atom stereocenters. The molecular weight excluding hydrogens is 344 g/mol. The number of hydrogen-bond donors (Lipinski definition) is 1. The smallest absolute Gasteiger partial charge is 0.249 e. The number of ether oxygens (including phenoxy) is 1. The molecule has 1 aromatic carbocycles. The summed E-state index contributed by atoms with van der Waals surface area (Å²) in [7, 11) is 1.47. The molecule has 27 heavy (non-hydrogen) atoms. The summed E-state index contributed by atoms with van der Waals surface area (Å²) in [6.07, 6.45) is 2.41. The van der Waals surface area contributed by atoms with E-state index in [-0.39, 0.29) is 49.6 Å². The summed E-state index contributed by atoms with van der Waals surface area (Å²) in [5.41, 5.74) is 2.06. The second-order valence-corrected chi connectivity index (χ2v) is 7.52. The maximum Gasteiger partial charge on any atom is 0.249 e. The van der Waals surface area contributed by atoms with Gasteiger partial charge in [0.15, 0.2) is 0 Å². The topological polar surface area (TPSA) is 70.1 Å². The van der Waals surface area contributed by atoms with E-state index in [9.17, 15) is 14.7 Å². The zero-order valence-electron chi connectivity index (χ0n) is 15.4. The van der Waals surface area contributed by atoms with Crippen molar-refractivity contribution in [3.63, 3.8) is 0 Å². The first kappa shape index (κ1) is 18.0. The van der Waals surface area contributed by atoms with Gasteiger partial charge in [-0.3, -0.25) is 9.59 Å². The number of nitrogens with zero attached hydrogens (tertiary/aromatic N) is 2. The molecule has 6 heteroatoms. The van der Waals surface area contributed by atoms with Crippen molar-refractivity contribution in [3.8, 4) is 11.8 Å². The third-order valence-electron chi connectivity index (χ3n) is 5.67. The number of rotatable bonds is 4. The number of methoxy groups -OCH3 is 1. The van der Waals surface area contributed by atoms with Gasteiger partial charge in [0.1, 0.15) is 6.61 Å². The quantitative estimate of drug-likeness (QED) is 0.790. The molecular formula is C21H24N2O4. The highest BCUT2D eigenvalue weighted by atomic mass is 16.5. The molecule has 3 fully saturated rings. The summed E-state index contributed by atoms with van der Waals surface area (Å²) >= 11 is 0. The van der Waals surface area contributed by atoms with E-state index in [0.717, 1.165) is 11.1 Å². The van der Waals surface area contributed by atoms with Crippen LogP contribution in [0.2, 0.25) is 0 Å². The lowest BCUT2D eigenvalue weighted by Gasteiger charge is -2.58. The number of aliphatic hydroxyl groups is 1. The van der Waals surface area contributed by atoms with Crippen molar-refractivity contribution in [1.29, 1.82) is 0 Å². The van der Waals surface area contributed by atoms with Gasteiger partial charge in [0.2, 0.25) is 11.8 Å². The van der Waals surface area contributed by atoms with Crippen molar-refractivity contribution >= 4 is 11.8 Å². The number of carbonyl (C=O) groups excluding carboxylic acids is 2. The fourth-order valence-electron chi connectivity index (χ4n) is 4.11. The van der Waals surface area contributed by atoms with Gasteiger partial charge in [-0.05, 0) is 30.5 Å².